The van der Waals surface area contributed by atoms with Gasteiger partial charge in [0.15, 0.2) is 0 Å². The van der Waals surface area contributed by atoms with Crippen LogP contribution in [0.15, 0.2) is 24.3 Å². The van der Waals surface area contributed by atoms with Crippen molar-refractivity contribution in [3.8, 4) is 0 Å². The fourth-order valence-electron chi connectivity index (χ4n) is 1.54. The molecule has 1 aliphatic heterocycles. The molecule has 0 amide bonds. The van der Waals surface area contributed by atoms with Gasteiger partial charge in [-0.3, -0.25) is 4.90 Å². The summed E-state index contributed by atoms with van der Waals surface area (Å²) in [5.74, 6) is 2.58. The zero-order valence-corrected chi connectivity index (χ0v) is 14.2. The smallest absolute Gasteiger partial charge is 0.00754 e. The Hall–Kier alpha value is 0.633. The SMILES string of the molecule is [Zn+][Br].[c-]1ccc(CN2CCSCC2)cc1. The molecular formula is C11H14BrNSZn. The second-order valence-corrected chi connectivity index (χ2v) is 4.52. The van der Waals surface area contributed by atoms with Crippen LogP contribution >= 0.6 is 25.4 Å². The van der Waals surface area contributed by atoms with E-state index < -0.39 is 0 Å². The van der Waals surface area contributed by atoms with E-state index in [4.69, 9.17) is 0 Å². The van der Waals surface area contributed by atoms with E-state index in [9.17, 15) is 0 Å². The summed E-state index contributed by atoms with van der Waals surface area (Å²) < 4.78 is 0. The number of nitrogens with zero attached hydrogens (tertiary/aromatic N) is 1. The molecule has 1 aromatic carbocycles. The first-order valence-electron chi connectivity index (χ1n) is 4.97. The average Bonchev–Trinajstić information content (AvgIpc) is 2.34. The minimum atomic E-state index is 1.11. The van der Waals surface area contributed by atoms with Crippen LogP contribution in [0.4, 0.5) is 0 Å². The summed E-state index contributed by atoms with van der Waals surface area (Å²) in [7, 11) is 0. The van der Waals surface area contributed by atoms with Gasteiger partial charge in [0, 0.05) is 31.1 Å². The van der Waals surface area contributed by atoms with Crippen LogP contribution in [0, 0.1) is 6.07 Å². The summed E-state index contributed by atoms with van der Waals surface area (Å²) in [4.78, 5) is 2.52. The van der Waals surface area contributed by atoms with Gasteiger partial charge < -0.3 is 0 Å². The molecule has 1 aromatic rings. The van der Waals surface area contributed by atoms with Crippen molar-refractivity contribution in [1.29, 1.82) is 0 Å². The maximum absolute atomic E-state index is 3.06. The Bertz CT molecular complexity index is 252. The number of hydrogen-bond acceptors (Lipinski definition) is 2. The molecule has 78 valence electrons. The maximum atomic E-state index is 3.06. The summed E-state index contributed by atoms with van der Waals surface area (Å²) in [6, 6.07) is 11.3. The molecule has 0 atom stereocenters. The fraction of sp³-hybridized carbons (Fsp3) is 0.455. The minimum Gasteiger partial charge on any atom is -0.299 e. The van der Waals surface area contributed by atoms with E-state index >= 15 is 0 Å². The van der Waals surface area contributed by atoms with Crippen LogP contribution < -0.4 is 0 Å². The summed E-state index contributed by atoms with van der Waals surface area (Å²) >= 11 is 6.31. The van der Waals surface area contributed by atoms with Gasteiger partial charge in [0.2, 0.25) is 0 Å². The predicted molar refractivity (Wildman–Crippen MR) is 66.8 cm³/mol. The molecule has 0 aliphatic carbocycles. The van der Waals surface area contributed by atoms with Gasteiger partial charge in [0.1, 0.15) is 0 Å². The van der Waals surface area contributed by atoms with Gasteiger partial charge in [-0.25, -0.2) is 0 Å². The molecule has 0 N–H and O–H groups in total. The van der Waals surface area contributed by atoms with Crippen molar-refractivity contribution in [3.63, 3.8) is 0 Å². The number of hydrogen-bond donors (Lipinski definition) is 0. The predicted octanol–water partition coefficient (Wildman–Crippen LogP) is 2.88. The standard InChI is InChI=1S/C11H14NS.BrH.Zn/c1-2-4-11(5-3-1)10-12-6-8-13-9-7-12;;/h2-5H,6-10H2;1H;/q-1;;+2/p-1. The Balaban J connectivity index is 0.000000531. The van der Waals surface area contributed by atoms with Crippen molar-refractivity contribution in [3.05, 3.63) is 35.9 Å². The Morgan fingerprint density at radius 1 is 1.27 bits per heavy atom. The van der Waals surface area contributed by atoms with Crippen LogP contribution in [-0.2, 0) is 22.9 Å². The minimum absolute atomic E-state index is 1.11. The van der Waals surface area contributed by atoms with Crippen LogP contribution in [-0.4, -0.2) is 29.5 Å². The number of halogens is 1. The first-order valence-corrected chi connectivity index (χ1v) is 13.1. The van der Waals surface area contributed by atoms with Crippen LogP contribution in [0.1, 0.15) is 5.56 Å². The molecule has 0 radical (unpaired) electrons. The second kappa shape index (κ2) is 8.75. The van der Waals surface area contributed by atoms with Crippen molar-refractivity contribution in [2.45, 2.75) is 6.54 Å². The molecule has 1 nitrogen and oxygen atoms in total. The topological polar surface area (TPSA) is 3.24 Å². The first kappa shape index (κ1) is 13.7. The fourth-order valence-corrected chi connectivity index (χ4v) is 2.52. The molecule has 1 fully saturated rings. The molecule has 1 heterocycles. The van der Waals surface area contributed by atoms with Gasteiger partial charge in [0.25, 0.3) is 0 Å². The van der Waals surface area contributed by atoms with Crippen molar-refractivity contribution in [1.82, 2.24) is 4.90 Å². The monoisotopic (exact) mass is 335 g/mol. The van der Waals surface area contributed by atoms with E-state index in [1.54, 1.807) is 0 Å². The van der Waals surface area contributed by atoms with Crippen LogP contribution in [0.25, 0.3) is 0 Å². The molecular weight excluding hydrogens is 323 g/mol. The van der Waals surface area contributed by atoms with Crippen molar-refractivity contribution in [2.24, 2.45) is 0 Å². The number of rotatable bonds is 2. The third-order valence-electron chi connectivity index (χ3n) is 2.30. The van der Waals surface area contributed by atoms with Gasteiger partial charge in [-0.2, -0.15) is 42.1 Å². The van der Waals surface area contributed by atoms with Gasteiger partial charge in [-0.15, -0.1) is 5.56 Å². The van der Waals surface area contributed by atoms with Gasteiger partial charge in [0.05, 0.1) is 0 Å². The summed E-state index contributed by atoms with van der Waals surface area (Å²) in [5.41, 5.74) is 1.41. The zero-order chi connectivity index (χ0) is 10.9. The van der Waals surface area contributed by atoms with E-state index in [1.807, 2.05) is 12.1 Å². The summed E-state index contributed by atoms with van der Waals surface area (Å²) in [6.45, 7) is 3.59. The molecule has 0 saturated carbocycles. The number of benzene rings is 1. The quantitative estimate of drug-likeness (QED) is 0.603. The average molecular weight is 338 g/mol. The zero-order valence-electron chi connectivity index (χ0n) is 8.79. The van der Waals surface area contributed by atoms with Crippen LogP contribution in [0.5, 0.6) is 0 Å². The molecule has 0 bridgehead atoms. The molecule has 15 heavy (non-hydrogen) atoms. The Kier molecular flexibility index (Phi) is 7.99. The first-order chi connectivity index (χ1) is 7.45. The molecule has 2 rings (SSSR count). The maximum Gasteiger partial charge on any atom is 0.00754 e. The van der Waals surface area contributed by atoms with Crippen molar-refractivity contribution >= 4 is 25.4 Å². The van der Waals surface area contributed by atoms with E-state index in [1.165, 1.54) is 46.5 Å². The van der Waals surface area contributed by atoms with Crippen molar-refractivity contribution < 1.29 is 16.3 Å². The number of thioether (sulfide) groups is 1. The molecule has 1 saturated heterocycles. The van der Waals surface area contributed by atoms with Crippen LogP contribution in [0.3, 0.4) is 0 Å². The largest absolute Gasteiger partial charge is 0.299 e. The Morgan fingerprint density at radius 3 is 2.47 bits per heavy atom. The molecule has 4 heteroatoms. The van der Waals surface area contributed by atoms with Crippen LogP contribution in [0.2, 0.25) is 0 Å². The Morgan fingerprint density at radius 2 is 1.87 bits per heavy atom. The molecule has 0 aromatic heterocycles. The van der Waals surface area contributed by atoms with E-state index in [2.05, 4.69) is 48.5 Å². The molecule has 0 unspecified atom stereocenters. The third-order valence-corrected chi connectivity index (χ3v) is 3.24. The molecule has 1 aliphatic rings. The van der Waals surface area contributed by atoms with E-state index in [0.717, 1.165) is 6.54 Å². The van der Waals surface area contributed by atoms with Crippen molar-refractivity contribution in [2.75, 3.05) is 24.6 Å². The van der Waals surface area contributed by atoms with Gasteiger partial charge in [-0.1, -0.05) is 0 Å². The normalized spacial score (nSPS) is 16.7. The third kappa shape index (κ3) is 5.49. The van der Waals surface area contributed by atoms with E-state index in [-0.39, 0.29) is 0 Å². The Labute approximate surface area is 113 Å². The van der Waals surface area contributed by atoms with Gasteiger partial charge >= 0.3 is 30.0 Å². The van der Waals surface area contributed by atoms with E-state index in [0.29, 0.717) is 0 Å². The van der Waals surface area contributed by atoms with Gasteiger partial charge in [-0.05, 0) is 0 Å². The summed E-state index contributed by atoms with van der Waals surface area (Å²) in [6.07, 6.45) is 0. The second-order valence-electron chi connectivity index (χ2n) is 3.30. The molecule has 0 spiro atoms. The summed E-state index contributed by atoms with van der Waals surface area (Å²) in [5, 5.41) is 0.